The largest absolute Gasteiger partial charge is 0.310 e. The number of aromatic nitrogens is 2. The molecule has 0 fully saturated rings. The number of aryl methyl sites for hydroxylation is 1. The molecule has 1 aliphatic carbocycles. The lowest BCUT2D eigenvalue weighted by Gasteiger charge is -2.15. The van der Waals surface area contributed by atoms with E-state index in [0.717, 1.165) is 6.54 Å². The van der Waals surface area contributed by atoms with Gasteiger partial charge in [-0.3, -0.25) is 4.68 Å². The van der Waals surface area contributed by atoms with E-state index < -0.39 is 0 Å². The van der Waals surface area contributed by atoms with Gasteiger partial charge in [-0.2, -0.15) is 5.10 Å². The van der Waals surface area contributed by atoms with Crippen LogP contribution in [0.15, 0.2) is 24.0 Å². The second kappa shape index (κ2) is 6.01. The van der Waals surface area contributed by atoms with Gasteiger partial charge in [0.2, 0.25) is 0 Å². The topological polar surface area (TPSA) is 29.9 Å². The van der Waals surface area contributed by atoms with Crippen LogP contribution in [0.2, 0.25) is 0 Å². The monoisotopic (exact) mass is 233 g/mol. The van der Waals surface area contributed by atoms with E-state index in [1.165, 1.54) is 37.7 Å². The van der Waals surface area contributed by atoms with E-state index in [-0.39, 0.29) is 0 Å². The minimum Gasteiger partial charge on any atom is -0.310 e. The number of allylic oxidation sites excluding steroid dienone is 1. The van der Waals surface area contributed by atoms with E-state index in [4.69, 9.17) is 0 Å². The summed E-state index contributed by atoms with van der Waals surface area (Å²) in [6.45, 7) is 3.27. The van der Waals surface area contributed by atoms with Crippen LogP contribution in [-0.2, 0) is 7.05 Å². The molecule has 0 aromatic carbocycles. The number of nitrogens with zero attached hydrogens (tertiary/aromatic N) is 2. The van der Waals surface area contributed by atoms with Gasteiger partial charge in [0.15, 0.2) is 0 Å². The first kappa shape index (κ1) is 12.4. The highest BCUT2D eigenvalue weighted by Crippen LogP contribution is 2.20. The van der Waals surface area contributed by atoms with Crippen molar-refractivity contribution in [2.45, 2.75) is 45.1 Å². The number of hydrogen-bond acceptors (Lipinski definition) is 2. The Labute approximate surface area is 104 Å². The fraction of sp³-hybridized carbons (Fsp3) is 0.643. The Morgan fingerprint density at radius 2 is 2.35 bits per heavy atom. The van der Waals surface area contributed by atoms with Gasteiger partial charge in [0.05, 0.1) is 6.20 Å². The molecule has 1 unspecified atom stereocenters. The van der Waals surface area contributed by atoms with E-state index in [1.807, 2.05) is 17.9 Å². The third kappa shape index (κ3) is 3.70. The van der Waals surface area contributed by atoms with Crippen LogP contribution in [0.1, 0.15) is 50.6 Å². The van der Waals surface area contributed by atoms with Crippen LogP contribution in [0.4, 0.5) is 0 Å². The minimum atomic E-state index is 0.396. The van der Waals surface area contributed by atoms with E-state index in [2.05, 4.69) is 29.6 Å². The molecule has 17 heavy (non-hydrogen) atoms. The predicted octanol–water partition coefficient (Wildman–Crippen LogP) is 2.96. The average Bonchev–Trinajstić information content (AvgIpc) is 2.77. The normalized spacial score (nSPS) is 17.9. The molecule has 0 saturated carbocycles. The Kier molecular flexibility index (Phi) is 4.37. The van der Waals surface area contributed by atoms with E-state index in [0.29, 0.717) is 6.04 Å². The molecule has 1 heterocycles. The zero-order valence-electron chi connectivity index (χ0n) is 10.9. The third-order valence-corrected chi connectivity index (χ3v) is 3.51. The summed E-state index contributed by atoms with van der Waals surface area (Å²) in [7, 11) is 1.96. The summed E-state index contributed by atoms with van der Waals surface area (Å²) < 4.78 is 1.86. The number of rotatable bonds is 5. The fourth-order valence-corrected chi connectivity index (χ4v) is 2.36. The van der Waals surface area contributed by atoms with Crippen molar-refractivity contribution in [3.63, 3.8) is 0 Å². The first-order valence-corrected chi connectivity index (χ1v) is 6.65. The van der Waals surface area contributed by atoms with Gasteiger partial charge < -0.3 is 5.32 Å². The maximum absolute atomic E-state index is 4.20. The molecule has 1 aromatic rings. The van der Waals surface area contributed by atoms with Crippen LogP contribution in [0.5, 0.6) is 0 Å². The van der Waals surface area contributed by atoms with Gasteiger partial charge in [-0.05, 0) is 45.6 Å². The highest BCUT2D eigenvalue weighted by molar-refractivity contribution is 5.09. The van der Waals surface area contributed by atoms with Crippen molar-refractivity contribution in [2.75, 3.05) is 6.54 Å². The standard InChI is InChI=1S/C14H23N3/c1-12(14-10-16-17(2)11-14)15-9-8-13-6-4-3-5-7-13/h6,10-12,15H,3-5,7-9H2,1-2H3. The second-order valence-electron chi connectivity index (χ2n) is 4.98. The molecule has 0 amide bonds. The summed E-state index contributed by atoms with van der Waals surface area (Å²) in [4.78, 5) is 0. The van der Waals surface area contributed by atoms with Gasteiger partial charge >= 0.3 is 0 Å². The van der Waals surface area contributed by atoms with E-state index in [1.54, 1.807) is 5.57 Å². The molecule has 0 aliphatic heterocycles. The molecule has 2 rings (SSSR count). The smallest absolute Gasteiger partial charge is 0.0537 e. The molecule has 0 saturated heterocycles. The highest BCUT2D eigenvalue weighted by Gasteiger charge is 2.07. The number of hydrogen-bond donors (Lipinski definition) is 1. The van der Waals surface area contributed by atoms with Gasteiger partial charge in [0, 0.05) is 24.8 Å². The van der Waals surface area contributed by atoms with Crippen LogP contribution in [0, 0.1) is 0 Å². The first-order chi connectivity index (χ1) is 8.25. The van der Waals surface area contributed by atoms with Crippen molar-refractivity contribution >= 4 is 0 Å². The van der Waals surface area contributed by atoms with Gasteiger partial charge in [0.1, 0.15) is 0 Å². The van der Waals surface area contributed by atoms with Crippen molar-refractivity contribution in [3.8, 4) is 0 Å². The van der Waals surface area contributed by atoms with Crippen LogP contribution < -0.4 is 5.32 Å². The molecule has 3 heteroatoms. The lowest BCUT2D eigenvalue weighted by molar-refractivity contribution is 0.562. The Hall–Kier alpha value is -1.09. The van der Waals surface area contributed by atoms with E-state index >= 15 is 0 Å². The van der Waals surface area contributed by atoms with Gasteiger partial charge in [0.25, 0.3) is 0 Å². The summed E-state index contributed by atoms with van der Waals surface area (Å²) in [6, 6.07) is 0.396. The second-order valence-corrected chi connectivity index (χ2v) is 4.98. The zero-order valence-corrected chi connectivity index (χ0v) is 10.9. The van der Waals surface area contributed by atoms with Gasteiger partial charge in [-0.25, -0.2) is 0 Å². The Balaban J connectivity index is 1.73. The summed E-state index contributed by atoms with van der Waals surface area (Å²) in [5.41, 5.74) is 2.91. The minimum absolute atomic E-state index is 0.396. The SMILES string of the molecule is CC(NCCC1=CCCCC1)c1cnn(C)c1. The summed E-state index contributed by atoms with van der Waals surface area (Å²) in [5.74, 6) is 0. The maximum atomic E-state index is 4.20. The predicted molar refractivity (Wildman–Crippen MR) is 70.8 cm³/mol. The molecule has 1 aromatic heterocycles. The van der Waals surface area contributed by atoms with Gasteiger partial charge in [-0.1, -0.05) is 11.6 Å². The van der Waals surface area contributed by atoms with Crippen molar-refractivity contribution in [1.82, 2.24) is 15.1 Å². The first-order valence-electron chi connectivity index (χ1n) is 6.65. The molecule has 3 nitrogen and oxygen atoms in total. The lowest BCUT2D eigenvalue weighted by Crippen LogP contribution is -2.20. The zero-order chi connectivity index (χ0) is 12.1. The molecule has 0 spiro atoms. The van der Waals surface area contributed by atoms with Crippen molar-refractivity contribution in [3.05, 3.63) is 29.6 Å². The van der Waals surface area contributed by atoms with Crippen molar-refractivity contribution < 1.29 is 0 Å². The molecule has 94 valence electrons. The summed E-state index contributed by atoms with van der Waals surface area (Å²) >= 11 is 0. The Morgan fingerprint density at radius 1 is 1.47 bits per heavy atom. The van der Waals surface area contributed by atoms with Crippen LogP contribution in [0.25, 0.3) is 0 Å². The molecular weight excluding hydrogens is 210 g/mol. The van der Waals surface area contributed by atoms with Crippen LogP contribution >= 0.6 is 0 Å². The third-order valence-electron chi connectivity index (χ3n) is 3.51. The highest BCUT2D eigenvalue weighted by atomic mass is 15.2. The Morgan fingerprint density at radius 3 is 3.00 bits per heavy atom. The summed E-state index contributed by atoms with van der Waals surface area (Å²) in [6.07, 6.45) is 13.0. The average molecular weight is 233 g/mol. The molecule has 1 N–H and O–H groups in total. The van der Waals surface area contributed by atoms with Crippen LogP contribution in [-0.4, -0.2) is 16.3 Å². The lowest BCUT2D eigenvalue weighted by atomic mass is 9.97. The molecule has 0 radical (unpaired) electrons. The molecule has 1 aliphatic rings. The molecule has 0 bridgehead atoms. The maximum Gasteiger partial charge on any atom is 0.0537 e. The van der Waals surface area contributed by atoms with Crippen molar-refractivity contribution in [2.24, 2.45) is 7.05 Å². The molecular formula is C14H23N3. The fourth-order valence-electron chi connectivity index (χ4n) is 2.36. The quantitative estimate of drug-likeness (QED) is 0.792. The number of nitrogens with one attached hydrogen (secondary N) is 1. The van der Waals surface area contributed by atoms with E-state index in [9.17, 15) is 0 Å². The van der Waals surface area contributed by atoms with Crippen LogP contribution in [0.3, 0.4) is 0 Å². The Bertz CT molecular complexity index is 379. The summed E-state index contributed by atoms with van der Waals surface area (Å²) in [5, 5.41) is 7.77. The molecule has 1 atom stereocenters. The van der Waals surface area contributed by atoms with Crippen molar-refractivity contribution in [1.29, 1.82) is 0 Å². The van der Waals surface area contributed by atoms with Gasteiger partial charge in [-0.15, -0.1) is 0 Å².